The Morgan fingerprint density at radius 1 is 1.37 bits per heavy atom. The van der Waals surface area contributed by atoms with Crippen molar-refractivity contribution >= 4 is 27.3 Å². The Morgan fingerprint density at radius 2 is 2.11 bits per heavy atom. The maximum Gasteiger partial charge on any atom is 0.261 e. The normalized spacial score (nSPS) is 16.0. The summed E-state index contributed by atoms with van der Waals surface area (Å²) < 4.78 is 36.3. The van der Waals surface area contributed by atoms with Crippen LogP contribution in [0.15, 0.2) is 22.7 Å². The van der Waals surface area contributed by atoms with E-state index in [2.05, 4.69) is 10.5 Å². The summed E-state index contributed by atoms with van der Waals surface area (Å²) in [7, 11) is -1.85. The van der Waals surface area contributed by atoms with Gasteiger partial charge in [0.2, 0.25) is 10.0 Å². The Bertz CT molecular complexity index is 965. The zero-order valence-electron chi connectivity index (χ0n) is 15.8. The van der Waals surface area contributed by atoms with E-state index in [0.29, 0.717) is 47.1 Å². The summed E-state index contributed by atoms with van der Waals surface area (Å²) in [4.78, 5) is 12.7. The Kier molecular flexibility index (Phi) is 5.14. The molecule has 1 amide bonds. The molecule has 9 heteroatoms. The smallest absolute Gasteiger partial charge is 0.261 e. The second kappa shape index (κ2) is 7.22. The number of benzene rings is 1. The molecule has 1 aromatic carbocycles. The molecule has 1 fully saturated rings. The van der Waals surface area contributed by atoms with Crippen LogP contribution < -0.4 is 14.4 Å². The van der Waals surface area contributed by atoms with Gasteiger partial charge in [-0.3, -0.25) is 9.10 Å². The molecule has 27 heavy (non-hydrogen) atoms. The van der Waals surface area contributed by atoms with Gasteiger partial charge in [0.25, 0.3) is 5.91 Å². The highest BCUT2D eigenvalue weighted by Crippen LogP contribution is 2.35. The highest BCUT2D eigenvalue weighted by molar-refractivity contribution is 7.93. The molecule has 0 atom stereocenters. The summed E-state index contributed by atoms with van der Waals surface area (Å²) in [5.41, 5.74) is 1.89. The first-order chi connectivity index (χ1) is 12.7. The third-order valence-corrected chi connectivity index (χ3v) is 6.30. The van der Waals surface area contributed by atoms with Crippen molar-refractivity contribution in [2.24, 2.45) is 0 Å². The van der Waals surface area contributed by atoms with Crippen LogP contribution in [0.5, 0.6) is 5.75 Å². The largest absolute Gasteiger partial charge is 0.494 e. The molecule has 1 aromatic heterocycles. The van der Waals surface area contributed by atoms with E-state index in [1.165, 1.54) is 11.4 Å². The molecule has 2 heterocycles. The van der Waals surface area contributed by atoms with Gasteiger partial charge in [0.1, 0.15) is 11.3 Å². The number of rotatable bonds is 5. The Hall–Kier alpha value is -2.55. The van der Waals surface area contributed by atoms with Gasteiger partial charge in [-0.2, -0.15) is 0 Å². The number of hydrogen-bond donors (Lipinski definition) is 1. The quantitative estimate of drug-likeness (QED) is 0.838. The number of sulfonamides is 1. The minimum absolute atomic E-state index is 0.0178. The molecule has 1 aliphatic rings. The van der Waals surface area contributed by atoms with Gasteiger partial charge in [0.15, 0.2) is 5.76 Å². The molecular formula is C18H23N3O5S. The number of amides is 1. The summed E-state index contributed by atoms with van der Waals surface area (Å²) in [5.74, 6) is 0.714. The van der Waals surface area contributed by atoms with Gasteiger partial charge in [-0.1, -0.05) is 19.0 Å². The number of methoxy groups -OCH3 is 1. The molecule has 1 saturated heterocycles. The van der Waals surface area contributed by atoms with Crippen molar-refractivity contribution < 1.29 is 22.5 Å². The minimum atomic E-state index is -3.32. The molecule has 0 radical (unpaired) electrons. The van der Waals surface area contributed by atoms with E-state index in [-0.39, 0.29) is 17.6 Å². The summed E-state index contributed by atoms with van der Waals surface area (Å²) >= 11 is 0. The van der Waals surface area contributed by atoms with Crippen molar-refractivity contribution in [2.45, 2.75) is 33.1 Å². The van der Waals surface area contributed by atoms with Crippen molar-refractivity contribution in [3.05, 3.63) is 35.2 Å². The van der Waals surface area contributed by atoms with Gasteiger partial charge in [-0.25, -0.2) is 8.42 Å². The fourth-order valence-corrected chi connectivity index (χ4v) is 4.69. The lowest BCUT2D eigenvalue weighted by Gasteiger charge is -2.20. The Labute approximate surface area is 158 Å². The molecule has 0 spiro atoms. The number of hydrogen-bond acceptors (Lipinski definition) is 6. The number of ether oxygens (including phenoxy) is 1. The number of carbonyl (C=O) groups excluding carboxylic acids is 1. The fourth-order valence-electron chi connectivity index (χ4n) is 3.12. The minimum Gasteiger partial charge on any atom is -0.494 e. The lowest BCUT2D eigenvalue weighted by atomic mass is 10.0. The van der Waals surface area contributed by atoms with Crippen LogP contribution in [0, 0.1) is 6.92 Å². The van der Waals surface area contributed by atoms with Crippen molar-refractivity contribution in [1.82, 2.24) is 5.16 Å². The van der Waals surface area contributed by atoms with E-state index in [9.17, 15) is 13.2 Å². The zero-order chi connectivity index (χ0) is 19.8. The molecule has 1 N–H and O–H groups in total. The van der Waals surface area contributed by atoms with Crippen molar-refractivity contribution in [2.75, 3.05) is 29.0 Å². The van der Waals surface area contributed by atoms with E-state index >= 15 is 0 Å². The van der Waals surface area contributed by atoms with Crippen LogP contribution >= 0.6 is 0 Å². The molecule has 3 rings (SSSR count). The molecule has 0 bridgehead atoms. The molecular weight excluding hydrogens is 370 g/mol. The first kappa shape index (κ1) is 19.2. The molecule has 0 saturated carbocycles. The second-order valence-corrected chi connectivity index (χ2v) is 8.76. The van der Waals surface area contributed by atoms with Crippen LogP contribution in [0.2, 0.25) is 0 Å². The topological polar surface area (TPSA) is 102 Å². The summed E-state index contributed by atoms with van der Waals surface area (Å²) in [6, 6.07) is 4.90. The van der Waals surface area contributed by atoms with Crippen LogP contribution in [0.25, 0.3) is 0 Å². The van der Waals surface area contributed by atoms with Crippen LogP contribution in [0.3, 0.4) is 0 Å². The van der Waals surface area contributed by atoms with Crippen LogP contribution in [-0.4, -0.2) is 38.9 Å². The first-order valence-corrected chi connectivity index (χ1v) is 10.3. The number of anilines is 2. The van der Waals surface area contributed by atoms with E-state index in [1.54, 1.807) is 25.1 Å². The van der Waals surface area contributed by atoms with E-state index < -0.39 is 10.0 Å². The molecule has 0 unspecified atom stereocenters. The number of nitrogens with zero attached hydrogens (tertiary/aromatic N) is 2. The molecule has 2 aromatic rings. The maximum absolute atomic E-state index is 12.7. The third-order valence-electron chi connectivity index (χ3n) is 4.45. The molecule has 0 aliphatic carbocycles. The Morgan fingerprint density at radius 3 is 2.70 bits per heavy atom. The monoisotopic (exact) mass is 393 g/mol. The predicted octanol–water partition coefficient (Wildman–Crippen LogP) is 2.91. The lowest BCUT2D eigenvalue weighted by molar-refractivity contribution is 0.102. The Balaban J connectivity index is 1.89. The van der Waals surface area contributed by atoms with E-state index in [4.69, 9.17) is 9.26 Å². The van der Waals surface area contributed by atoms with Crippen molar-refractivity contribution in [1.29, 1.82) is 0 Å². The molecule has 8 nitrogen and oxygen atoms in total. The third kappa shape index (κ3) is 3.64. The van der Waals surface area contributed by atoms with Gasteiger partial charge < -0.3 is 14.6 Å². The van der Waals surface area contributed by atoms with Crippen LogP contribution in [-0.2, 0) is 10.0 Å². The summed E-state index contributed by atoms with van der Waals surface area (Å²) in [6.07, 6.45) is 0.578. The summed E-state index contributed by atoms with van der Waals surface area (Å²) in [5, 5.41) is 6.69. The number of carbonyl (C=O) groups is 1. The van der Waals surface area contributed by atoms with Crippen LogP contribution in [0.1, 0.15) is 48.0 Å². The van der Waals surface area contributed by atoms with E-state index in [1.807, 2.05) is 13.8 Å². The highest BCUT2D eigenvalue weighted by atomic mass is 32.2. The number of nitrogens with one attached hydrogen (secondary N) is 1. The first-order valence-electron chi connectivity index (χ1n) is 8.70. The summed E-state index contributed by atoms with van der Waals surface area (Å²) in [6.45, 7) is 5.98. The van der Waals surface area contributed by atoms with Crippen molar-refractivity contribution in [3.63, 3.8) is 0 Å². The predicted molar refractivity (Wildman–Crippen MR) is 102 cm³/mol. The average molecular weight is 393 g/mol. The lowest BCUT2D eigenvalue weighted by Crippen LogP contribution is -2.25. The highest BCUT2D eigenvalue weighted by Gasteiger charge is 2.31. The number of aromatic nitrogens is 1. The van der Waals surface area contributed by atoms with E-state index in [0.717, 1.165) is 0 Å². The van der Waals surface area contributed by atoms with Gasteiger partial charge in [-0.05, 0) is 25.5 Å². The standard InChI is InChI=1S/C18H23N3O5S/c1-11(2)17-16(12(3)20-26-17)18(22)19-13-6-7-14(15(10-13)25-4)21-8-5-9-27(21,23)24/h6-7,10-11H,5,8-9H2,1-4H3,(H,19,22). The number of aryl methyl sites for hydroxylation is 1. The molecule has 1 aliphatic heterocycles. The van der Waals surface area contributed by atoms with Gasteiger partial charge >= 0.3 is 0 Å². The zero-order valence-corrected chi connectivity index (χ0v) is 16.6. The van der Waals surface area contributed by atoms with Gasteiger partial charge in [-0.15, -0.1) is 0 Å². The van der Waals surface area contributed by atoms with Gasteiger partial charge in [0, 0.05) is 24.2 Å². The second-order valence-electron chi connectivity index (χ2n) is 6.74. The van der Waals surface area contributed by atoms with Gasteiger partial charge in [0.05, 0.1) is 24.2 Å². The van der Waals surface area contributed by atoms with Crippen LogP contribution in [0.4, 0.5) is 11.4 Å². The fraction of sp³-hybridized carbons (Fsp3) is 0.444. The average Bonchev–Trinajstić information content (AvgIpc) is 3.16. The van der Waals surface area contributed by atoms with Crippen molar-refractivity contribution in [3.8, 4) is 5.75 Å². The SMILES string of the molecule is COc1cc(NC(=O)c2c(C)noc2C(C)C)ccc1N1CCCS1(=O)=O. The molecule has 146 valence electrons. The maximum atomic E-state index is 12.7.